The molecular formula is C21H27N5O5S. The molecule has 10 nitrogen and oxygen atoms in total. The molecule has 0 aliphatic carbocycles. The van der Waals surface area contributed by atoms with E-state index in [1.54, 1.807) is 0 Å². The SMILES string of the molecule is COC(=O)CC(NC(=S)N1CCCN(Cc2noc(-c3ccccc3)n2)CC1)C(=O)OC. The van der Waals surface area contributed by atoms with E-state index in [1.165, 1.54) is 14.2 Å². The van der Waals surface area contributed by atoms with Gasteiger partial charge in [-0.15, -0.1) is 0 Å². The van der Waals surface area contributed by atoms with Crippen molar-refractivity contribution in [2.75, 3.05) is 40.4 Å². The summed E-state index contributed by atoms with van der Waals surface area (Å²) in [5, 5.41) is 7.44. The van der Waals surface area contributed by atoms with Crippen LogP contribution >= 0.6 is 12.2 Å². The van der Waals surface area contributed by atoms with E-state index in [0.717, 1.165) is 31.6 Å². The Labute approximate surface area is 191 Å². The summed E-state index contributed by atoms with van der Waals surface area (Å²) in [5.41, 5.74) is 0.886. The van der Waals surface area contributed by atoms with E-state index < -0.39 is 18.0 Å². The molecule has 3 rings (SSSR count). The summed E-state index contributed by atoms with van der Waals surface area (Å²) in [5.74, 6) is 0.0389. The molecule has 1 aromatic carbocycles. The van der Waals surface area contributed by atoms with Crippen molar-refractivity contribution in [2.45, 2.75) is 25.4 Å². The number of hydrogen-bond acceptors (Lipinski definition) is 9. The van der Waals surface area contributed by atoms with Crippen LogP contribution in [0.15, 0.2) is 34.9 Å². The molecule has 1 N–H and O–H groups in total. The summed E-state index contributed by atoms with van der Waals surface area (Å²) in [7, 11) is 2.53. The number of benzene rings is 1. The molecule has 0 radical (unpaired) electrons. The second kappa shape index (κ2) is 11.5. The fourth-order valence-corrected chi connectivity index (χ4v) is 3.70. The molecule has 2 aromatic rings. The first-order valence-electron chi connectivity index (χ1n) is 10.3. The molecule has 1 unspecified atom stereocenters. The lowest BCUT2D eigenvalue weighted by Gasteiger charge is -2.27. The van der Waals surface area contributed by atoms with Gasteiger partial charge in [-0.2, -0.15) is 4.98 Å². The second-order valence-electron chi connectivity index (χ2n) is 7.30. The number of esters is 2. The van der Waals surface area contributed by atoms with Gasteiger partial charge in [0, 0.05) is 31.7 Å². The third-order valence-corrected chi connectivity index (χ3v) is 5.49. The van der Waals surface area contributed by atoms with E-state index in [-0.39, 0.29) is 6.42 Å². The summed E-state index contributed by atoms with van der Waals surface area (Å²) in [6, 6.07) is 8.75. The maximum atomic E-state index is 12.0. The Morgan fingerprint density at radius 2 is 1.94 bits per heavy atom. The molecule has 0 amide bonds. The van der Waals surface area contributed by atoms with Crippen molar-refractivity contribution in [3.05, 3.63) is 36.2 Å². The number of nitrogens with one attached hydrogen (secondary N) is 1. The lowest BCUT2D eigenvalue weighted by atomic mass is 10.2. The largest absolute Gasteiger partial charge is 0.469 e. The maximum Gasteiger partial charge on any atom is 0.328 e. The molecular weight excluding hydrogens is 434 g/mol. The zero-order chi connectivity index (χ0) is 22.9. The molecule has 0 bridgehead atoms. The zero-order valence-electron chi connectivity index (χ0n) is 18.2. The predicted octanol–water partition coefficient (Wildman–Crippen LogP) is 1.22. The number of aromatic nitrogens is 2. The molecule has 1 atom stereocenters. The van der Waals surface area contributed by atoms with Crippen LogP contribution in [0.1, 0.15) is 18.7 Å². The van der Waals surface area contributed by atoms with Crippen LogP contribution in [0.5, 0.6) is 0 Å². The molecule has 1 aliphatic rings. The highest BCUT2D eigenvalue weighted by molar-refractivity contribution is 7.80. The third-order valence-electron chi connectivity index (χ3n) is 5.11. The average molecular weight is 462 g/mol. The minimum absolute atomic E-state index is 0.162. The van der Waals surface area contributed by atoms with Crippen molar-refractivity contribution in [1.29, 1.82) is 0 Å². The number of carbonyl (C=O) groups is 2. The monoisotopic (exact) mass is 461 g/mol. The lowest BCUT2D eigenvalue weighted by Crippen LogP contribution is -2.49. The molecule has 1 fully saturated rings. The highest BCUT2D eigenvalue weighted by Crippen LogP contribution is 2.17. The standard InChI is InChI=1S/C21H27N5O5S/c1-29-18(27)13-16(20(28)30-2)22-21(32)26-10-6-9-25(11-12-26)14-17-23-19(31-24-17)15-7-4-3-5-8-15/h3-5,7-8,16H,6,9-14H2,1-2H3,(H,22,32). The van der Waals surface area contributed by atoms with E-state index in [4.69, 9.17) is 21.5 Å². The Morgan fingerprint density at radius 1 is 1.16 bits per heavy atom. The summed E-state index contributed by atoms with van der Waals surface area (Å²) in [6.07, 6.45) is 0.704. The third kappa shape index (κ3) is 6.47. The van der Waals surface area contributed by atoms with Gasteiger partial charge in [-0.1, -0.05) is 23.4 Å². The number of nitrogens with zero attached hydrogens (tertiary/aromatic N) is 4. The number of ether oxygens (including phenoxy) is 2. The Kier molecular flexibility index (Phi) is 8.51. The van der Waals surface area contributed by atoms with Gasteiger partial charge in [-0.25, -0.2) is 4.79 Å². The van der Waals surface area contributed by atoms with E-state index >= 15 is 0 Å². The van der Waals surface area contributed by atoms with Gasteiger partial charge < -0.3 is 24.2 Å². The van der Waals surface area contributed by atoms with Crippen molar-refractivity contribution in [2.24, 2.45) is 0 Å². The van der Waals surface area contributed by atoms with Crippen molar-refractivity contribution in [1.82, 2.24) is 25.3 Å². The molecule has 0 saturated carbocycles. The van der Waals surface area contributed by atoms with Crippen molar-refractivity contribution >= 4 is 29.3 Å². The second-order valence-corrected chi connectivity index (χ2v) is 7.69. The van der Waals surface area contributed by atoms with Gasteiger partial charge in [0.15, 0.2) is 10.9 Å². The van der Waals surface area contributed by atoms with Crippen LogP contribution in [0.2, 0.25) is 0 Å². The lowest BCUT2D eigenvalue weighted by molar-refractivity contribution is -0.149. The van der Waals surface area contributed by atoms with Crippen LogP contribution in [0.4, 0.5) is 0 Å². The fourth-order valence-electron chi connectivity index (χ4n) is 3.37. The van der Waals surface area contributed by atoms with Crippen molar-refractivity contribution < 1.29 is 23.6 Å². The van der Waals surface area contributed by atoms with Crippen LogP contribution in [0.3, 0.4) is 0 Å². The summed E-state index contributed by atoms with van der Waals surface area (Å²) >= 11 is 5.49. The zero-order valence-corrected chi connectivity index (χ0v) is 19.0. The molecule has 11 heteroatoms. The maximum absolute atomic E-state index is 12.0. The van der Waals surface area contributed by atoms with Gasteiger partial charge in [0.1, 0.15) is 6.04 Å². The highest BCUT2D eigenvalue weighted by Gasteiger charge is 2.26. The number of carbonyl (C=O) groups excluding carboxylic acids is 2. The Morgan fingerprint density at radius 3 is 2.66 bits per heavy atom. The molecule has 32 heavy (non-hydrogen) atoms. The van der Waals surface area contributed by atoms with E-state index in [0.29, 0.717) is 29.9 Å². The van der Waals surface area contributed by atoms with Crippen LogP contribution in [-0.4, -0.2) is 83.4 Å². The summed E-state index contributed by atoms with van der Waals surface area (Å²) < 4.78 is 14.8. The topological polar surface area (TPSA) is 110 Å². The highest BCUT2D eigenvalue weighted by atomic mass is 32.1. The summed E-state index contributed by atoms with van der Waals surface area (Å²) in [6.45, 7) is 3.52. The number of thiocarbonyl (C=S) groups is 1. The Hall–Kier alpha value is -3.05. The molecule has 2 heterocycles. The van der Waals surface area contributed by atoms with E-state index in [2.05, 4.69) is 25.1 Å². The average Bonchev–Trinajstić information content (AvgIpc) is 3.15. The van der Waals surface area contributed by atoms with E-state index in [9.17, 15) is 9.59 Å². The van der Waals surface area contributed by atoms with Gasteiger partial charge in [-0.3, -0.25) is 9.69 Å². The molecule has 1 saturated heterocycles. The Bertz CT molecular complexity index is 922. The quantitative estimate of drug-likeness (QED) is 0.475. The van der Waals surface area contributed by atoms with Crippen molar-refractivity contribution in [3.8, 4) is 11.5 Å². The van der Waals surface area contributed by atoms with Crippen LogP contribution in [-0.2, 0) is 25.6 Å². The first-order chi connectivity index (χ1) is 15.5. The molecule has 0 spiro atoms. The normalized spacial score (nSPS) is 15.5. The number of rotatable bonds is 7. The Balaban J connectivity index is 1.54. The van der Waals surface area contributed by atoms with Gasteiger partial charge in [0.25, 0.3) is 5.89 Å². The smallest absolute Gasteiger partial charge is 0.328 e. The summed E-state index contributed by atoms with van der Waals surface area (Å²) in [4.78, 5) is 32.3. The molecule has 1 aliphatic heterocycles. The number of hydrogen-bond donors (Lipinski definition) is 1. The van der Waals surface area contributed by atoms with Gasteiger partial charge >= 0.3 is 11.9 Å². The first-order valence-corrected chi connectivity index (χ1v) is 10.7. The van der Waals surface area contributed by atoms with Crippen LogP contribution < -0.4 is 5.32 Å². The van der Waals surface area contributed by atoms with Crippen LogP contribution in [0.25, 0.3) is 11.5 Å². The fraction of sp³-hybridized carbons (Fsp3) is 0.476. The van der Waals surface area contributed by atoms with E-state index in [1.807, 2.05) is 35.2 Å². The van der Waals surface area contributed by atoms with Gasteiger partial charge in [0.05, 0.1) is 27.2 Å². The number of methoxy groups -OCH3 is 2. The van der Waals surface area contributed by atoms with Crippen LogP contribution in [0, 0.1) is 0 Å². The molecule has 1 aromatic heterocycles. The predicted molar refractivity (Wildman–Crippen MR) is 119 cm³/mol. The minimum atomic E-state index is -0.893. The molecule has 172 valence electrons. The van der Waals surface area contributed by atoms with Crippen molar-refractivity contribution in [3.63, 3.8) is 0 Å². The van der Waals surface area contributed by atoms with Gasteiger partial charge in [0.2, 0.25) is 0 Å². The first kappa shape index (κ1) is 23.6. The van der Waals surface area contributed by atoms with Gasteiger partial charge in [-0.05, 0) is 30.8 Å². The minimum Gasteiger partial charge on any atom is -0.469 e.